The molecule has 1 aromatic carbocycles. The molecule has 1 amide bonds. The van der Waals surface area contributed by atoms with Crippen molar-refractivity contribution in [3.05, 3.63) is 78.1 Å². The fourth-order valence-corrected chi connectivity index (χ4v) is 3.69. The number of carbonyl (C=O) groups is 1. The van der Waals surface area contributed by atoms with E-state index >= 15 is 0 Å². The predicted molar refractivity (Wildman–Crippen MR) is 114 cm³/mol. The molecule has 2 bridgehead atoms. The molecule has 0 unspecified atom stereocenters. The average Bonchev–Trinajstić information content (AvgIpc) is 3.44. The number of aromatic nitrogens is 3. The fourth-order valence-electron chi connectivity index (χ4n) is 3.69. The topological polar surface area (TPSA) is 115 Å². The number of alkyl halides is 3. The van der Waals surface area contributed by atoms with Crippen molar-refractivity contribution in [1.29, 1.82) is 0 Å². The first-order valence-electron chi connectivity index (χ1n) is 10.1. The molecule has 2 aliphatic rings. The lowest BCUT2D eigenvalue weighted by atomic mass is 10.0. The minimum Gasteiger partial charge on any atom is -0.367 e. The van der Waals surface area contributed by atoms with Crippen molar-refractivity contribution >= 4 is 17.3 Å². The van der Waals surface area contributed by atoms with E-state index in [0.29, 0.717) is 23.0 Å². The molecule has 0 spiro atoms. The third-order valence-electron chi connectivity index (χ3n) is 5.25. The second kappa shape index (κ2) is 9.51. The molecule has 2 fully saturated rings. The van der Waals surface area contributed by atoms with Crippen molar-refractivity contribution in [2.24, 2.45) is 5.73 Å². The van der Waals surface area contributed by atoms with Crippen molar-refractivity contribution in [2.75, 3.05) is 11.9 Å². The van der Waals surface area contributed by atoms with E-state index in [1.54, 1.807) is 0 Å². The summed E-state index contributed by atoms with van der Waals surface area (Å²) in [4.78, 5) is 20.9. The second-order valence-corrected chi connectivity index (χ2v) is 7.60. The Morgan fingerprint density at radius 1 is 1.12 bits per heavy atom. The van der Waals surface area contributed by atoms with Gasteiger partial charge in [0.1, 0.15) is 12.0 Å². The Morgan fingerprint density at radius 3 is 2.39 bits per heavy atom. The minimum atomic E-state index is -4.45. The largest absolute Gasteiger partial charge is 0.433 e. The highest BCUT2D eigenvalue weighted by Gasteiger charge is 2.41. The predicted octanol–water partition coefficient (Wildman–Crippen LogP) is 3.22. The Bertz CT molecular complexity index is 1100. The number of anilines is 2. The molecule has 3 aromatic rings. The summed E-state index contributed by atoms with van der Waals surface area (Å²) in [5, 5.41) is 6.40. The van der Waals surface area contributed by atoms with Crippen LogP contribution in [0, 0.1) is 0 Å². The summed E-state index contributed by atoms with van der Waals surface area (Å²) >= 11 is 0. The molecule has 2 saturated heterocycles. The van der Waals surface area contributed by atoms with Crippen LogP contribution in [0.4, 0.5) is 24.5 Å². The highest BCUT2D eigenvalue weighted by Crippen LogP contribution is 2.37. The molecule has 8 nitrogen and oxygen atoms in total. The van der Waals surface area contributed by atoms with Crippen molar-refractivity contribution < 1.29 is 22.7 Å². The van der Waals surface area contributed by atoms with Crippen LogP contribution < -0.4 is 16.4 Å². The molecule has 4 heterocycles. The zero-order chi connectivity index (χ0) is 23.4. The van der Waals surface area contributed by atoms with Crippen molar-refractivity contribution in [3.63, 3.8) is 0 Å². The maximum absolute atomic E-state index is 12.7. The Hall–Kier alpha value is -3.57. The average molecular weight is 458 g/mol. The molecule has 172 valence electrons. The van der Waals surface area contributed by atoms with Gasteiger partial charge in [0, 0.05) is 42.6 Å². The van der Waals surface area contributed by atoms with E-state index in [1.165, 1.54) is 24.8 Å². The van der Waals surface area contributed by atoms with Gasteiger partial charge in [-0.15, -0.1) is 0 Å². The minimum absolute atomic E-state index is 0.0514. The molecule has 2 aliphatic heterocycles. The van der Waals surface area contributed by atoms with Crippen LogP contribution in [0.1, 0.15) is 34.1 Å². The van der Waals surface area contributed by atoms with Crippen LogP contribution in [-0.2, 0) is 10.9 Å². The Balaban J connectivity index is 0.000000243. The monoisotopic (exact) mass is 458 g/mol. The van der Waals surface area contributed by atoms with E-state index in [2.05, 4.69) is 25.6 Å². The van der Waals surface area contributed by atoms with E-state index in [-0.39, 0.29) is 12.2 Å². The van der Waals surface area contributed by atoms with Gasteiger partial charge in [-0.3, -0.25) is 9.78 Å². The van der Waals surface area contributed by atoms with Gasteiger partial charge in [0.25, 0.3) is 5.91 Å². The van der Waals surface area contributed by atoms with Crippen molar-refractivity contribution in [3.8, 4) is 0 Å². The Kier molecular flexibility index (Phi) is 6.52. The van der Waals surface area contributed by atoms with Crippen molar-refractivity contribution in [2.45, 2.75) is 30.8 Å². The Labute approximate surface area is 187 Å². The molecule has 2 aromatic heterocycles. The number of halogens is 3. The van der Waals surface area contributed by atoms with Crippen LogP contribution in [0.3, 0.4) is 0 Å². The fraction of sp³-hybridized carbons (Fsp3) is 0.273. The van der Waals surface area contributed by atoms with E-state index in [0.717, 1.165) is 30.8 Å². The summed E-state index contributed by atoms with van der Waals surface area (Å²) in [5.74, 6) is -0.504. The molecule has 33 heavy (non-hydrogen) atoms. The molecule has 0 saturated carbocycles. The number of hydrogen-bond acceptors (Lipinski definition) is 7. The molecule has 4 N–H and O–H groups in total. The summed E-state index contributed by atoms with van der Waals surface area (Å²) in [5.41, 5.74) is 6.46. The van der Waals surface area contributed by atoms with E-state index in [1.807, 2.05) is 24.3 Å². The number of benzene rings is 1. The molecule has 11 heteroatoms. The van der Waals surface area contributed by atoms with Gasteiger partial charge in [-0.1, -0.05) is 12.1 Å². The first-order valence-corrected chi connectivity index (χ1v) is 10.1. The van der Waals surface area contributed by atoms with Gasteiger partial charge in [0.2, 0.25) is 0 Å². The third-order valence-corrected chi connectivity index (χ3v) is 5.25. The van der Waals surface area contributed by atoms with Crippen LogP contribution in [0.15, 0.2) is 61.3 Å². The number of rotatable bonds is 4. The lowest BCUT2D eigenvalue weighted by Crippen LogP contribution is -2.33. The van der Waals surface area contributed by atoms with E-state index in [4.69, 9.17) is 10.5 Å². The maximum atomic E-state index is 12.7. The van der Waals surface area contributed by atoms with Gasteiger partial charge in [-0.2, -0.15) is 13.2 Å². The summed E-state index contributed by atoms with van der Waals surface area (Å²) in [6, 6.07) is 10.4. The normalized spacial score (nSPS) is 21.2. The number of fused-ring (bicyclic) bond motifs is 2. The maximum Gasteiger partial charge on any atom is 0.433 e. The highest BCUT2D eigenvalue weighted by atomic mass is 19.4. The van der Waals surface area contributed by atoms with Gasteiger partial charge in [0.05, 0.1) is 17.8 Å². The molecule has 0 radical (unpaired) electrons. The zero-order valence-electron chi connectivity index (χ0n) is 17.3. The number of ether oxygens (including phenoxy) is 1. The van der Waals surface area contributed by atoms with Crippen LogP contribution in [0.2, 0.25) is 0 Å². The van der Waals surface area contributed by atoms with Gasteiger partial charge >= 0.3 is 6.18 Å². The second-order valence-electron chi connectivity index (χ2n) is 7.60. The lowest BCUT2D eigenvalue weighted by molar-refractivity contribution is -0.141. The number of morpholine rings is 1. The first-order chi connectivity index (χ1) is 15.8. The summed E-state index contributed by atoms with van der Waals surface area (Å²) in [6.45, 7) is 0.907. The SMILES string of the molecule is FC(F)(F)c1cc(Nc2ccc([C@H]3O[C@@H]4CN[C@H]3C4)cc2)ccn1.NC(=O)c1cncnc1. The number of nitrogens with one attached hydrogen (secondary N) is 2. The molecule has 3 atom stereocenters. The van der Waals surface area contributed by atoms with Crippen LogP contribution in [-0.4, -0.2) is 39.5 Å². The summed E-state index contributed by atoms with van der Waals surface area (Å²) in [7, 11) is 0. The molecule has 0 aliphatic carbocycles. The van der Waals surface area contributed by atoms with Crippen LogP contribution in [0.5, 0.6) is 0 Å². The van der Waals surface area contributed by atoms with Gasteiger partial charge < -0.3 is 21.1 Å². The summed E-state index contributed by atoms with van der Waals surface area (Å²) in [6.07, 6.45) is 2.15. The molecular weight excluding hydrogens is 437 g/mol. The van der Waals surface area contributed by atoms with Crippen LogP contribution in [0.25, 0.3) is 0 Å². The third kappa shape index (κ3) is 5.62. The molecular formula is C22H21F3N6O2. The number of hydrogen-bond donors (Lipinski definition) is 3. The van der Waals surface area contributed by atoms with E-state index < -0.39 is 17.8 Å². The Morgan fingerprint density at radius 2 is 1.85 bits per heavy atom. The van der Waals surface area contributed by atoms with Crippen molar-refractivity contribution in [1.82, 2.24) is 20.3 Å². The zero-order valence-corrected chi connectivity index (χ0v) is 17.3. The summed E-state index contributed by atoms with van der Waals surface area (Å²) < 4.78 is 44.0. The number of primary amides is 1. The van der Waals surface area contributed by atoms with E-state index in [9.17, 15) is 18.0 Å². The number of pyridine rings is 1. The molecule has 5 rings (SSSR count). The number of nitrogens with two attached hydrogens (primary N) is 1. The number of carbonyl (C=O) groups excluding carboxylic acids is 1. The van der Waals surface area contributed by atoms with Gasteiger partial charge in [0.15, 0.2) is 0 Å². The quantitative estimate of drug-likeness (QED) is 0.550. The number of amides is 1. The standard InChI is InChI=1S/C17H16F3N3O.C5H5N3O/c18-17(19,20)15-7-12(5-6-21-15)23-11-3-1-10(2-4-11)16-14-8-13(24-16)9-22-14;6-5(9)4-1-7-3-8-2-4/h1-7,13-14,16,22H,8-9H2,(H,21,23);1-3H,(H2,6,9)/t13-,14-,16+;/m0./s1. The number of nitrogens with zero attached hydrogens (tertiary/aromatic N) is 3. The highest BCUT2D eigenvalue weighted by molar-refractivity contribution is 5.91. The lowest BCUT2D eigenvalue weighted by Gasteiger charge is -2.23. The van der Waals surface area contributed by atoms with Gasteiger partial charge in [-0.05, 0) is 36.2 Å². The first kappa shape index (κ1) is 22.6. The van der Waals surface area contributed by atoms with Crippen LogP contribution >= 0.6 is 0 Å². The van der Waals surface area contributed by atoms with Gasteiger partial charge in [-0.25, -0.2) is 9.97 Å². The smallest absolute Gasteiger partial charge is 0.367 e.